The van der Waals surface area contributed by atoms with E-state index in [0.717, 1.165) is 0 Å². The zero-order valence-corrected chi connectivity index (χ0v) is 5.96. The summed E-state index contributed by atoms with van der Waals surface area (Å²) in [7, 11) is 0. The first-order chi connectivity index (χ1) is 4.66. The fourth-order valence-electron chi connectivity index (χ4n) is 0.938. The molecule has 0 bridgehead atoms. The molecule has 1 heterocycles. The van der Waals surface area contributed by atoms with Gasteiger partial charge in [-0.25, -0.2) is 4.79 Å². The number of hydrogen-bond donors (Lipinski definition) is 0. The van der Waals surface area contributed by atoms with Crippen molar-refractivity contribution in [2.45, 2.75) is 13.0 Å². The molecule has 0 radical (unpaired) electrons. The lowest BCUT2D eigenvalue weighted by molar-refractivity contribution is -0.137. The molecule has 0 aromatic carbocycles. The van der Waals surface area contributed by atoms with Crippen molar-refractivity contribution in [3.63, 3.8) is 0 Å². The normalized spacial score (nSPS) is 32.1. The third-order valence-electron chi connectivity index (χ3n) is 1.78. The Morgan fingerprint density at radius 1 is 1.70 bits per heavy atom. The number of ether oxygens (including phenoxy) is 1. The van der Waals surface area contributed by atoms with Crippen LogP contribution in [0, 0.1) is 5.92 Å². The standard InChI is InChI=1S/C8H10O2/c1-4-7-5(2)6(3)8(9)10-7/h4-5,7H,1,3H2,2H3. The SMILES string of the molecule is C=CC1OC(=O)C(=C)C1C. The molecule has 0 amide bonds. The molecule has 2 unspecified atom stereocenters. The van der Waals surface area contributed by atoms with Crippen LogP contribution in [0.3, 0.4) is 0 Å². The van der Waals surface area contributed by atoms with Gasteiger partial charge in [0, 0.05) is 11.5 Å². The van der Waals surface area contributed by atoms with Gasteiger partial charge in [-0.05, 0) is 0 Å². The summed E-state index contributed by atoms with van der Waals surface area (Å²) in [6.07, 6.45) is 1.46. The van der Waals surface area contributed by atoms with Crippen LogP contribution in [0.1, 0.15) is 6.92 Å². The third-order valence-corrected chi connectivity index (χ3v) is 1.78. The minimum absolute atomic E-state index is 0.0880. The molecule has 0 N–H and O–H groups in total. The van der Waals surface area contributed by atoms with Gasteiger partial charge in [-0.1, -0.05) is 26.2 Å². The summed E-state index contributed by atoms with van der Waals surface area (Å²) in [4.78, 5) is 10.8. The van der Waals surface area contributed by atoms with Gasteiger partial charge < -0.3 is 4.74 Å². The summed E-state index contributed by atoms with van der Waals surface area (Å²) in [5.41, 5.74) is 0.546. The van der Waals surface area contributed by atoms with Gasteiger partial charge in [0.25, 0.3) is 0 Å². The van der Waals surface area contributed by atoms with Gasteiger partial charge in [0.1, 0.15) is 6.10 Å². The van der Waals surface area contributed by atoms with Gasteiger partial charge in [-0.15, -0.1) is 0 Å². The summed E-state index contributed by atoms with van der Waals surface area (Å²) >= 11 is 0. The third kappa shape index (κ3) is 0.856. The van der Waals surface area contributed by atoms with Crippen molar-refractivity contribution >= 4 is 5.97 Å². The lowest BCUT2D eigenvalue weighted by atomic mass is 10.0. The van der Waals surface area contributed by atoms with Gasteiger partial charge in [0.05, 0.1) is 0 Å². The Labute approximate surface area is 60.2 Å². The molecule has 1 rings (SSSR count). The Morgan fingerprint density at radius 3 is 2.50 bits per heavy atom. The van der Waals surface area contributed by atoms with Crippen LogP contribution in [0.15, 0.2) is 24.8 Å². The van der Waals surface area contributed by atoms with E-state index in [1.165, 1.54) is 0 Å². The van der Waals surface area contributed by atoms with Crippen molar-refractivity contribution in [1.82, 2.24) is 0 Å². The van der Waals surface area contributed by atoms with E-state index in [1.54, 1.807) is 6.08 Å². The maximum Gasteiger partial charge on any atom is 0.334 e. The predicted octanol–water partition coefficient (Wildman–Crippen LogP) is 1.29. The van der Waals surface area contributed by atoms with Crippen LogP contribution in [-0.4, -0.2) is 12.1 Å². The number of esters is 1. The zero-order chi connectivity index (χ0) is 7.72. The van der Waals surface area contributed by atoms with Crippen LogP contribution < -0.4 is 0 Å². The van der Waals surface area contributed by atoms with Crippen molar-refractivity contribution in [1.29, 1.82) is 0 Å². The van der Waals surface area contributed by atoms with E-state index >= 15 is 0 Å². The summed E-state index contributed by atoms with van der Waals surface area (Å²) < 4.78 is 4.88. The highest BCUT2D eigenvalue weighted by molar-refractivity contribution is 5.90. The minimum atomic E-state index is -0.294. The molecule has 1 aliphatic rings. The smallest absolute Gasteiger partial charge is 0.334 e. The fraction of sp³-hybridized carbons (Fsp3) is 0.375. The van der Waals surface area contributed by atoms with Gasteiger partial charge in [0.2, 0.25) is 0 Å². The largest absolute Gasteiger partial charge is 0.454 e. The van der Waals surface area contributed by atoms with Gasteiger partial charge in [0.15, 0.2) is 0 Å². The van der Waals surface area contributed by atoms with Crippen LogP contribution in [0.5, 0.6) is 0 Å². The molecule has 0 aromatic rings. The molecule has 54 valence electrons. The van der Waals surface area contributed by atoms with Crippen LogP contribution in [0.25, 0.3) is 0 Å². The number of carbonyl (C=O) groups excluding carboxylic acids is 1. The second-order valence-corrected chi connectivity index (χ2v) is 2.42. The molecule has 2 atom stereocenters. The molecule has 2 nitrogen and oxygen atoms in total. The number of hydrogen-bond acceptors (Lipinski definition) is 2. The second-order valence-electron chi connectivity index (χ2n) is 2.42. The van der Waals surface area contributed by atoms with Gasteiger partial charge >= 0.3 is 5.97 Å². The van der Waals surface area contributed by atoms with Crippen molar-refractivity contribution in [3.05, 3.63) is 24.8 Å². The van der Waals surface area contributed by atoms with Crippen molar-refractivity contribution in [2.24, 2.45) is 5.92 Å². The quantitative estimate of drug-likeness (QED) is 0.310. The van der Waals surface area contributed by atoms with E-state index in [0.29, 0.717) is 5.57 Å². The lowest BCUT2D eigenvalue weighted by Crippen LogP contribution is -2.08. The summed E-state index contributed by atoms with van der Waals surface area (Å²) in [5.74, 6) is -0.206. The highest BCUT2D eigenvalue weighted by atomic mass is 16.5. The van der Waals surface area contributed by atoms with Crippen molar-refractivity contribution < 1.29 is 9.53 Å². The molecule has 1 saturated heterocycles. The topological polar surface area (TPSA) is 26.3 Å². The number of carbonyl (C=O) groups is 1. The average molecular weight is 138 g/mol. The molecule has 2 heteroatoms. The number of rotatable bonds is 1. The molecule has 10 heavy (non-hydrogen) atoms. The number of cyclic esters (lactones) is 1. The second kappa shape index (κ2) is 2.29. The summed E-state index contributed by atoms with van der Waals surface area (Å²) in [6, 6.07) is 0. The van der Waals surface area contributed by atoms with Crippen LogP contribution in [0.4, 0.5) is 0 Å². The maximum absolute atomic E-state index is 10.8. The molecule has 1 aliphatic heterocycles. The fourth-order valence-corrected chi connectivity index (χ4v) is 0.938. The molecule has 1 fully saturated rings. The Morgan fingerprint density at radius 2 is 2.30 bits per heavy atom. The molecule has 0 saturated carbocycles. The Hall–Kier alpha value is -1.05. The van der Waals surface area contributed by atoms with E-state index in [9.17, 15) is 4.79 Å². The van der Waals surface area contributed by atoms with Gasteiger partial charge in [-0.2, -0.15) is 0 Å². The van der Waals surface area contributed by atoms with Crippen LogP contribution in [0.2, 0.25) is 0 Å². The van der Waals surface area contributed by atoms with E-state index in [2.05, 4.69) is 13.2 Å². The Bertz CT molecular complexity index is 193. The van der Waals surface area contributed by atoms with E-state index in [4.69, 9.17) is 4.74 Å². The zero-order valence-electron chi connectivity index (χ0n) is 5.96. The van der Waals surface area contributed by atoms with E-state index < -0.39 is 0 Å². The maximum atomic E-state index is 10.8. The van der Waals surface area contributed by atoms with E-state index in [-0.39, 0.29) is 18.0 Å². The monoisotopic (exact) mass is 138 g/mol. The van der Waals surface area contributed by atoms with E-state index in [1.807, 2.05) is 6.92 Å². The minimum Gasteiger partial charge on any atom is -0.454 e. The molecule has 0 aliphatic carbocycles. The molecular formula is C8H10O2. The van der Waals surface area contributed by atoms with Crippen molar-refractivity contribution in [3.8, 4) is 0 Å². The first-order valence-electron chi connectivity index (χ1n) is 3.19. The Balaban J connectivity index is 2.80. The first-order valence-corrected chi connectivity index (χ1v) is 3.19. The lowest BCUT2D eigenvalue weighted by Gasteiger charge is -2.05. The van der Waals surface area contributed by atoms with Crippen LogP contribution in [-0.2, 0) is 9.53 Å². The Kier molecular flexibility index (Phi) is 1.62. The molecule has 0 aromatic heterocycles. The molecular weight excluding hydrogens is 128 g/mol. The summed E-state index contributed by atoms with van der Waals surface area (Å²) in [6.45, 7) is 9.04. The average Bonchev–Trinajstić information content (AvgIpc) is 2.17. The highest BCUT2D eigenvalue weighted by Crippen LogP contribution is 2.25. The van der Waals surface area contributed by atoms with Crippen molar-refractivity contribution in [2.75, 3.05) is 0 Å². The predicted molar refractivity (Wildman–Crippen MR) is 38.4 cm³/mol. The first kappa shape index (κ1) is 7.06. The highest BCUT2D eigenvalue weighted by Gasteiger charge is 2.32. The van der Waals surface area contributed by atoms with Crippen LogP contribution >= 0.6 is 0 Å². The summed E-state index contributed by atoms with van der Waals surface area (Å²) in [5, 5.41) is 0. The molecule has 0 spiro atoms. The van der Waals surface area contributed by atoms with Gasteiger partial charge in [-0.3, -0.25) is 0 Å².